The summed E-state index contributed by atoms with van der Waals surface area (Å²) in [6.07, 6.45) is 0.286. The number of β-amino-alcohol motifs (C(OH)–C–C–N with tert-alkyl or cyclic N) is 1. The molecule has 4 heteroatoms. The third kappa shape index (κ3) is 5.13. The molecular formula is C21H27NO3. The summed E-state index contributed by atoms with van der Waals surface area (Å²) in [4.78, 5) is 2.20. The molecule has 0 radical (unpaired) electrons. The van der Waals surface area contributed by atoms with Gasteiger partial charge in [0, 0.05) is 19.7 Å². The third-order valence-electron chi connectivity index (χ3n) is 4.76. The van der Waals surface area contributed by atoms with Gasteiger partial charge < -0.3 is 19.8 Å². The van der Waals surface area contributed by atoms with E-state index in [9.17, 15) is 10.2 Å². The van der Waals surface area contributed by atoms with Gasteiger partial charge in [0.1, 0.15) is 6.10 Å². The molecule has 0 saturated carbocycles. The molecule has 4 nitrogen and oxygen atoms in total. The molecule has 2 N–H and O–H groups in total. The van der Waals surface area contributed by atoms with Crippen LogP contribution >= 0.6 is 0 Å². The van der Waals surface area contributed by atoms with Gasteiger partial charge in [-0.1, -0.05) is 60.7 Å². The van der Waals surface area contributed by atoms with Crippen LogP contribution in [0, 0.1) is 5.92 Å². The molecule has 0 spiro atoms. The number of rotatable bonds is 8. The Morgan fingerprint density at radius 3 is 2.12 bits per heavy atom. The highest BCUT2D eigenvalue weighted by Gasteiger charge is 2.24. The summed E-state index contributed by atoms with van der Waals surface area (Å²) < 4.78 is 6.11. The van der Waals surface area contributed by atoms with E-state index in [0.29, 0.717) is 12.5 Å². The number of aliphatic hydroxyl groups is 2. The van der Waals surface area contributed by atoms with Gasteiger partial charge in [0.25, 0.3) is 0 Å². The number of aliphatic hydroxyl groups excluding tert-OH is 2. The zero-order valence-corrected chi connectivity index (χ0v) is 14.5. The molecule has 0 aliphatic carbocycles. The van der Waals surface area contributed by atoms with Gasteiger partial charge in [0.2, 0.25) is 0 Å². The van der Waals surface area contributed by atoms with E-state index in [-0.39, 0.29) is 19.3 Å². The Morgan fingerprint density at radius 2 is 1.60 bits per heavy atom. The molecule has 2 unspecified atom stereocenters. The number of hydrogen-bond acceptors (Lipinski definition) is 4. The van der Waals surface area contributed by atoms with Crippen molar-refractivity contribution < 1.29 is 14.9 Å². The summed E-state index contributed by atoms with van der Waals surface area (Å²) in [6, 6.07) is 20.2. The fourth-order valence-corrected chi connectivity index (χ4v) is 3.43. The molecule has 0 aromatic heterocycles. The zero-order chi connectivity index (χ0) is 17.5. The van der Waals surface area contributed by atoms with Crippen molar-refractivity contribution in [2.75, 3.05) is 32.8 Å². The molecule has 2 aromatic carbocycles. The standard InChI is InChI=1S/C21H27NO3/c23-15-17-11-12-22(13-17)14-20(24)16-25-21(18-7-3-1-4-8-18)19-9-5-2-6-10-19/h1-10,17,20-21,23-24H,11-16H2. The molecule has 0 bridgehead atoms. The number of ether oxygens (including phenoxy) is 1. The van der Waals surface area contributed by atoms with Gasteiger partial charge in [-0.05, 0) is 30.0 Å². The van der Waals surface area contributed by atoms with E-state index in [4.69, 9.17) is 4.74 Å². The van der Waals surface area contributed by atoms with Crippen LogP contribution < -0.4 is 0 Å². The monoisotopic (exact) mass is 341 g/mol. The normalized spacial score (nSPS) is 19.4. The minimum atomic E-state index is -0.535. The van der Waals surface area contributed by atoms with Crippen LogP contribution in [-0.2, 0) is 4.74 Å². The van der Waals surface area contributed by atoms with Crippen molar-refractivity contribution in [3.05, 3.63) is 71.8 Å². The van der Waals surface area contributed by atoms with E-state index < -0.39 is 6.10 Å². The van der Waals surface area contributed by atoms with Gasteiger partial charge in [-0.2, -0.15) is 0 Å². The van der Waals surface area contributed by atoms with Gasteiger partial charge >= 0.3 is 0 Å². The minimum Gasteiger partial charge on any atom is -0.396 e. The fraction of sp³-hybridized carbons (Fsp3) is 0.429. The Hall–Kier alpha value is -1.72. The van der Waals surface area contributed by atoms with Crippen LogP contribution in [0.2, 0.25) is 0 Å². The summed E-state index contributed by atoms with van der Waals surface area (Å²) >= 11 is 0. The van der Waals surface area contributed by atoms with Crippen LogP contribution in [-0.4, -0.2) is 54.1 Å². The lowest BCUT2D eigenvalue weighted by atomic mass is 10.0. The molecule has 3 rings (SSSR count). The van der Waals surface area contributed by atoms with Crippen molar-refractivity contribution in [2.45, 2.75) is 18.6 Å². The predicted octanol–water partition coefficient (Wildman–Crippen LogP) is 2.47. The molecule has 1 heterocycles. The smallest absolute Gasteiger partial charge is 0.108 e. The molecule has 1 aliphatic heterocycles. The van der Waals surface area contributed by atoms with Gasteiger partial charge in [-0.15, -0.1) is 0 Å². The molecule has 25 heavy (non-hydrogen) atoms. The van der Waals surface area contributed by atoms with Crippen LogP contribution in [0.5, 0.6) is 0 Å². The Labute approximate surface area is 149 Å². The summed E-state index contributed by atoms with van der Waals surface area (Å²) in [5, 5.41) is 19.6. The van der Waals surface area contributed by atoms with Gasteiger partial charge in [-0.3, -0.25) is 0 Å². The quantitative estimate of drug-likeness (QED) is 0.774. The number of benzene rings is 2. The first-order valence-corrected chi connectivity index (χ1v) is 8.99. The molecule has 0 amide bonds. The fourth-order valence-electron chi connectivity index (χ4n) is 3.43. The summed E-state index contributed by atoms with van der Waals surface area (Å²) in [5.74, 6) is 0.342. The van der Waals surface area contributed by atoms with Crippen molar-refractivity contribution in [3.8, 4) is 0 Å². The number of likely N-dealkylation sites (tertiary alicyclic amines) is 1. The third-order valence-corrected chi connectivity index (χ3v) is 4.76. The van der Waals surface area contributed by atoms with Crippen molar-refractivity contribution in [1.29, 1.82) is 0 Å². The lowest BCUT2D eigenvalue weighted by Gasteiger charge is -2.23. The Morgan fingerprint density at radius 1 is 1.00 bits per heavy atom. The van der Waals surface area contributed by atoms with Gasteiger partial charge in [0.15, 0.2) is 0 Å². The van der Waals surface area contributed by atoms with Crippen molar-refractivity contribution in [3.63, 3.8) is 0 Å². The first-order valence-electron chi connectivity index (χ1n) is 8.99. The lowest BCUT2D eigenvalue weighted by Crippen LogP contribution is -2.34. The average Bonchev–Trinajstić information content (AvgIpc) is 3.11. The van der Waals surface area contributed by atoms with E-state index in [1.54, 1.807) is 0 Å². The maximum Gasteiger partial charge on any atom is 0.108 e. The van der Waals surface area contributed by atoms with Crippen LogP contribution in [0.1, 0.15) is 23.7 Å². The molecule has 2 atom stereocenters. The minimum absolute atomic E-state index is 0.180. The molecule has 2 aromatic rings. The molecule has 1 aliphatic rings. The predicted molar refractivity (Wildman–Crippen MR) is 98.3 cm³/mol. The largest absolute Gasteiger partial charge is 0.396 e. The highest BCUT2D eigenvalue weighted by molar-refractivity contribution is 5.29. The number of hydrogen-bond donors (Lipinski definition) is 2. The Bertz CT molecular complexity index is 580. The first kappa shape index (κ1) is 18.1. The van der Waals surface area contributed by atoms with Crippen molar-refractivity contribution >= 4 is 0 Å². The second-order valence-corrected chi connectivity index (χ2v) is 6.79. The highest BCUT2D eigenvalue weighted by Crippen LogP contribution is 2.26. The van der Waals surface area contributed by atoms with Crippen molar-refractivity contribution in [1.82, 2.24) is 4.90 Å². The second kappa shape index (κ2) is 9.11. The molecular weight excluding hydrogens is 314 g/mol. The molecule has 1 saturated heterocycles. The van der Waals surface area contributed by atoms with Crippen LogP contribution in [0.4, 0.5) is 0 Å². The highest BCUT2D eigenvalue weighted by atomic mass is 16.5. The summed E-state index contributed by atoms with van der Waals surface area (Å²) in [7, 11) is 0. The van der Waals surface area contributed by atoms with E-state index in [0.717, 1.165) is 30.6 Å². The van der Waals surface area contributed by atoms with E-state index in [2.05, 4.69) is 29.2 Å². The topological polar surface area (TPSA) is 52.9 Å². The van der Waals surface area contributed by atoms with E-state index in [1.807, 2.05) is 36.4 Å². The average molecular weight is 341 g/mol. The summed E-state index contributed by atoms with van der Waals surface area (Å²) in [6.45, 7) is 2.90. The van der Waals surface area contributed by atoms with Gasteiger partial charge in [-0.25, -0.2) is 0 Å². The van der Waals surface area contributed by atoms with Crippen LogP contribution in [0.15, 0.2) is 60.7 Å². The van der Waals surface area contributed by atoms with E-state index >= 15 is 0 Å². The molecule has 1 fully saturated rings. The van der Waals surface area contributed by atoms with Crippen molar-refractivity contribution in [2.24, 2.45) is 5.92 Å². The number of nitrogens with zero attached hydrogens (tertiary/aromatic N) is 1. The lowest BCUT2D eigenvalue weighted by molar-refractivity contribution is -0.00632. The maximum absolute atomic E-state index is 10.4. The Kier molecular flexibility index (Phi) is 6.59. The van der Waals surface area contributed by atoms with Crippen LogP contribution in [0.25, 0.3) is 0 Å². The maximum atomic E-state index is 10.4. The van der Waals surface area contributed by atoms with Gasteiger partial charge in [0.05, 0.1) is 12.7 Å². The first-order chi connectivity index (χ1) is 12.3. The summed E-state index contributed by atoms with van der Waals surface area (Å²) in [5.41, 5.74) is 2.17. The zero-order valence-electron chi connectivity index (χ0n) is 14.5. The Balaban J connectivity index is 1.59. The SMILES string of the molecule is OCC1CCN(CC(O)COC(c2ccccc2)c2ccccc2)C1. The van der Waals surface area contributed by atoms with Crippen LogP contribution in [0.3, 0.4) is 0 Å². The second-order valence-electron chi connectivity index (χ2n) is 6.79. The molecule has 134 valence electrons. The van der Waals surface area contributed by atoms with E-state index in [1.165, 1.54) is 0 Å².